The Balaban J connectivity index is 2.92. The summed E-state index contributed by atoms with van der Waals surface area (Å²) in [6.07, 6.45) is -1.55. The highest BCUT2D eigenvalue weighted by molar-refractivity contribution is 5.93. The molecule has 19 heavy (non-hydrogen) atoms. The third-order valence-corrected chi connectivity index (χ3v) is 2.29. The lowest BCUT2D eigenvalue weighted by Crippen LogP contribution is -2.12. The molecule has 6 heteroatoms. The van der Waals surface area contributed by atoms with Crippen LogP contribution in [-0.2, 0) is 11.0 Å². The number of rotatable bonds is 5. The summed E-state index contributed by atoms with van der Waals surface area (Å²) in [4.78, 5) is 11.2. The number of halogens is 3. The van der Waals surface area contributed by atoms with Crippen LogP contribution < -0.4 is 10.1 Å². The molecular formula is C13H14F3NO2. The second-order valence-corrected chi connectivity index (χ2v) is 3.77. The van der Waals surface area contributed by atoms with Gasteiger partial charge in [0, 0.05) is 11.8 Å². The van der Waals surface area contributed by atoms with Crippen LogP contribution in [0.15, 0.2) is 30.4 Å². The zero-order chi connectivity index (χ0) is 14.5. The molecule has 0 saturated heterocycles. The van der Waals surface area contributed by atoms with Gasteiger partial charge in [0.05, 0.1) is 19.2 Å². The molecule has 3 nitrogen and oxygen atoms in total. The maximum atomic E-state index is 12.6. The topological polar surface area (TPSA) is 38.3 Å². The number of anilines is 1. The van der Waals surface area contributed by atoms with Crippen LogP contribution in [0.5, 0.6) is 5.75 Å². The van der Waals surface area contributed by atoms with Crippen molar-refractivity contribution in [1.82, 2.24) is 0 Å². The van der Waals surface area contributed by atoms with E-state index >= 15 is 0 Å². The number of ketones is 1. The van der Waals surface area contributed by atoms with Gasteiger partial charge in [-0.05, 0) is 25.1 Å². The maximum Gasteiger partial charge on any atom is 0.416 e. The molecular weight excluding hydrogens is 259 g/mol. The van der Waals surface area contributed by atoms with Gasteiger partial charge >= 0.3 is 6.18 Å². The average Bonchev–Trinajstić information content (AvgIpc) is 2.35. The molecule has 0 fully saturated rings. The SMILES string of the molecule is C/C=C/C(=O)CNc1cc(OC)cc(C(F)(F)F)c1. The number of carbonyl (C=O) groups excluding carboxylic acids is 1. The van der Waals surface area contributed by atoms with Gasteiger partial charge in [-0.15, -0.1) is 0 Å². The Morgan fingerprint density at radius 2 is 2.05 bits per heavy atom. The zero-order valence-corrected chi connectivity index (χ0v) is 10.5. The van der Waals surface area contributed by atoms with E-state index < -0.39 is 11.7 Å². The van der Waals surface area contributed by atoms with Gasteiger partial charge in [-0.1, -0.05) is 6.08 Å². The number of carbonyl (C=O) groups is 1. The summed E-state index contributed by atoms with van der Waals surface area (Å²) in [5.74, 6) is -0.144. The highest BCUT2D eigenvalue weighted by atomic mass is 19.4. The first-order valence-corrected chi connectivity index (χ1v) is 5.52. The second-order valence-electron chi connectivity index (χ2n) is 3.77. The third-order valence-electron chi connectivity index (χ3n) is 2.29. The summed E-state index contributed by atoms with van der Waals surface area (Å²) >= 11 is 0. The van der Waals surface area contributed by atoms with Gasteiger partial charge in [0.2, 0.25) is 0 Å². The molecule has 0 aliphatic heterocycles. The van der Waals surface area contributed by atoms with Crippen LogP contribution in [0, 0.1) is 0 Å². The predicted molar refractivity (Wildman–Crippen MR) is 66.3 cm³/mol. The minimum Gasteiger partial charge on any atom is -0.497 e. The Labute approximate surface area is 109 Å². The number of hydrogen-bond donors (Lipinski definition) is 1. The normalized spacial score (nSPS) is 11.6. The Hall–Kier alpha value is -1.98. The zero-order valence-electron chi connectivity index (χ0n) is 10.5. The van der Waals surface area contributed by atoms with Crippen molar-refractivity contribution >= 4 is 11.5 Å². The first kappa shape index (κ1) is 15.1. The molecule has 0 aliphatic rings. The van der Waals surface area contributed by atoms with Gasteiger partial charge in [-0.3, -0.25) is 4.79 Å². The van der Waals surface area contributed by atoms with Gasteiger partial charge in [-0.25, -0.2) is 0 Å². The Morgan fingerprint density at radius 1 is 1.37 bits per heavy atom. The molecule has 0 aromatic heterocycles. The van der Waals surface area contributed by atoms with Crippen molar-refractivity contribution < 1.29 is 22.7 Å². The smallest absolute Gasteiger partial charge is 0.416 e. The molecule has 0 radical (unpaired) electrons. The molecule has 0 bridgehead atoms. The standard InChI is InChI=1S/C13H14F3NO2/c1-3-4-11(18)8-17-10-5-9(13(14,15)16)6-12(7-10)19-2/h3-7,17H,8H2,1-2H3/b4-3+. The van der Waals surface area contributed by atoms with Crippen LogP contribution in [0.25, 0.3) is 0 Å². The van der Waals surface area contributed by atoms with E-state index in [0.29, 0.717) is 0 Å². The Kier molecular flexibility index (Phi) is 4.97. The molecule has 0 aliphatic carbocycles. The maximum absolute atomic E-state index is 12.6. The molecule has 0 spiro atoms. The van der Waals surface area contributed by atoms with Gasteiger partial charge < -0.3 is 10.1 Å². The lowest BCUT2D eigenvalue weighted by Gasteiger charge is -2.12. The summed E-state index contributed by atoms with van der Waals surface area (Å²) in [6.45, 7) is 1.61. The number of ether oxygens (including phenoxy) is 1. The van der Waals surface area contributed by atoms with E-state index in [4.69, 9.17) is 4.74 Å². The number of alkyl halides is 3. The largest absolute Gasteiger partial charge is 0.497 e. The van der Waals surface area contributed by atoms with E-state index in [1.807, 2.05) is 0 Å². The molecule has 0 heterocycles. The van der Waals surface area contributed by atoms with Crippen molar-refractivity contribution in [2.45, 2.75) is 13.1 Å². The average molecular weight is 273 g/mol. The Bertz CT molecular complexity index is 481. The summed E-state index contributed by atoms with van der Waals surface area (Å²) in [5.41, 5.74) is -0.641. The summed E-state index contributed by atoms with van der Waals surface area (Å²) in [5, 5.41) is 2.64. The van der Waals surface area contributed by atoms with Gasteiger partial charge in [0.15, 0.2) is 5.78 Å². The number of methoxy groups -OCH3 is 1. The van der Waals surface area contributed by atoms with E-state index in [-0.39, 0.29) is 23.8 Å². The van der Waals surface area contributed by atoms with Crippen molar-refractivity contribution in [3.63, 3.8) is 0 Å². The molecule has 1 aromatic carbocycles. The van der Waals surface area contributed by atoms with Gasteiger partial charge in [0.25, 0.3) is 0 Å². The fraction of sp³-hybridized carbons (Fsp3) is 0.308. The predicted octanol–water partition coefficient (Wildman–Crippen LogP) is 3.27. The minimum absolute atomic E-state index is 0.0746. The molecule has 1 rings (SSSR count). The summed E-state index contributed by atoms with van der Waals surface area (Å²) in [7, 11) is 1.28. The Morgan fingerprint density at radius 3 is 2.58 bits per heavy atom. The van der Waals surface area contributed by atoms with E-state index in [1.54, 1.807) is 13.0 Å². The van der Waals surface area contributed by atoms with Crippen LogP contribution in [-0.4, -0.2) is 19.4 Å². The van der Waals surface area contributed by atoms with E-state index in [0.717, 1.165) is 12.1 Å². The number of allylic oxidation sites excluding steroid dienone is 1. The van der Waals surface area contributed by atoms with Crippen molar-refractivity contribution in [2.24, 2.45) is 0 Å². The van der Waals surface area contributed by atoms with Crippen LogP contribution in [0.2, 0.25) is 0 Å². The van der Waals surface area contributed by atoms with Crippen LogP contribution in [0.4, 0.5) is 18.9 Å². The highest BCUT2D eigenvalue weighted by Gasteiger charge is 2.31. The molecule has 0 amide bonds. The first-order valence-electron chi connectivity index (χ1n) is 5.52. The lowest BCUT2D eigenvalue weighted by atomic mass is 10.1. The molecule has 1 aromatic rings. The van der Waals surface area contributed by atoms with E-state index in [2.05, 4.69) is 5.32 Å². The molecule has 1 N–H and O–H groups in total. The van der Waals surface area contributed by atoms with Gasteiger partial charge in [-0.2, -0.15) is 13.2 Å². The molecule has 104 valence electrons. The van der Waals surface area contributed by atoms with E-state index in [1.165, 1.54) is 19.3 Å². The van der Waals surface area contributed by atoms with Crippen molar-refractivity contribution in [3.8, 4) is 5.75 Å². The van der Waals surface area contributed by atoms with Crippen LogP contribution in [0.3, 0.4) is 0 Å². The van der Waals surface area contributed by atoms with Crippen molar-refractivity contribution in [1.29, 1.82) is 0 Å². The summed E-state index contributed by atoms with van der Waals surface area (Å²) in [6, 6.07) is 3.24. The number of benzene rings is 1. The monoisotopic (exact) mass is 273 g/mol. The summed E-state index contributed by atoms with van der Waals surface area (Å²) < 4.78 is 42.7. The molecule has 0 atom stereocenters. The number of hydrogen-bond acceptors (Lipinski definition) is 3. The molecule has 0 saturated carbocycles. The second kappa shape index (κ2) is 6.26. The van der Waals surface area contributed by atoms with E-state index in [9.17, 15) is 18.0 Å². The quantitative estimate of drug-likeness (QED) is 0.837. The molecule has 0 unspecified atom stereocenters. The van der Waals surface area contributed by atoms with Crippen LogP contribution >= 0.6 is 0 Å². The van der Waals surface area contributed by atoms with Crippen LogP contribution in [0.1, 0.15) is 12.5 Å². The fourth-order valence-corrected chi connectivity index (χ4v) is 1.42. The lowest BCUT2D eigenvalue weighted by molar-refractivity contribution is -0.137. The van der Waals surface area contributed by atoms with Crippen molar-refractivity contribution in [3.05, 3.63) is 35.9 Å². The third kappa shape index (κ3) is 4.65. The number of nitrogens with one attached hydrogen (secondary N) is 1. The highest BCUT2D eigenvalue weighted by Crippen LogP contribution is 2.33. The van der Waals surface area contributed by atoms with Crippen molar-refractivity contribution in [2.75, 3.05) is 19.0 Å². The first-order chi connectivity index (χ1) is 8.86. The minimum atomic E-state index is -4.46. The van der Waals surface area contributed by atoms with Gasteiger partial charge in [0.1, 0.15) is 5.75 Å². The fourth-order valence-electron chi connectivity index (χ4n) is 1.42.